The van der Waals surface area contributed by atoms with Crippen molar-refractivity contribution < 1.29 is 14.3 Å². The third-order valence-electron chi connectivity index (χ3n) is 4.75. The molecule has 2 heterocycles. The van der Waals surface area contributed by atoms with Crippen LogP contribution in [0.1, 0.15) is 18.4 Å². The maximum absolute atomic E-state index is 12.5. The van der Waals surface area contributed by atoms with Crippen molar-refractivity contribution in [2.24, 2.45) is 5.92 Å². The van der Waals surface area contributed by atoms with Gasteiger partial charge in [0.1, 0.15) is 5.82 Å². The maximum Gasteiger partial charge on any atom is 0.411 e. The topological polar surface area (TPSA) is 83.6 Å². The number of anilines is 2. The van der Waals surface area contributed by atoms with E-state index >= 15 is 0 Å². The number of piperidine rings is 1. The molecule has 7 nitrogen and oxygen atoms in total. The molecule has 8 heteroatoms. The molecule has 2 amide bonds. The molecule has 1 aromatic carbocycles. The number of hydrogen-bond acceptors (Lipinski definition) is 5. The van der Waals surface area contributed by atoms with Crippen LogP contribution in [0.3, 0.4) is 0 Å². The third kappa shape index (κ3) is 5.36. The van der Waals surface area contributed by atoms with Crippen LogP contribution in [0, 0.1) is 5.92 Å². The zero-order valence-corrected chi connectivity index (χ0v) is 16.4. The van der Waals surface area contributed by atoms with Gasteiger partial charge in [-0.05, 0) is 42.7 Å². The van der Waals surface area contributed by atoms with Crippen LogP contribution < -0.4 is 15.5 Å². The number of nitrogens with zero attached hydrogens (tertiary/aromatic N) is 2. The predicted molar refractivity (Wildman–Crippen MR) is 109 cm³/mol. The SMILES string of the molecule is COC(=O)Nc1ccc(CNC(=O)C2CCN(c3ccc(Cl)cn3)CC2)cc1. The molecule has 0 unspecified atom stereocenters. The summed E-state index contributed by atoms with van der Waals surface area (Å²) in [5, 5.41) is 6.21. The fourth-order valence-electron chi connectivity index (χ4n) is 3.13. The number of amides is 2. The summed E-state index contributed by atoms with van der Waals surface area (Å²) in [6, 6.07) is 11.0. The molecule has 0 spiro atoms. The summed E-state index contributed by atoms with van der Waals surface area (Å²) in [7, 11) is 1.32. The van der Waals surface area contributed by atoms with Crippen molar-refractivity contribution in [1.29, 1.82) is 0 Å². The highest BCUT2D eigenvalue weighted by molar-refractivity contribution is 6.30. The van der Waals surface area contributed by atoms with E-state index in [1.165, 1.54) is 7.11 Å². The van der Waals surface area contributed by atoms with Crippen LogP contribution in [0.5, 0.6) is 0 Å². The van der Waals surface area contributed by atoms with Gasteiger partial charge in [-0.3, -0.25) is 10.1 Å². The second-order valence-corrected chi connectivity index (χ2v) is 7.06. The van der Waals surface area contributed by atoms with E-state index < -0.39 is 6.09 Å². The van der Waals surface area contributed by atoms with Crippen molar-refractivity contribution in [3.8, 4) is 0 Å². The molecular formula is C20H23ClN4O3. The van der Waals surface area contributed by atoms with E-state index in [-0.39, 0.29) is 11.8 Å². The Labute approximate surface area is 169 Å². The second kappa shape index (κ2) is 9.41. The summed E-state index contributed by atoms with van der Waals surface area (Å²) in [5.41, 5.74) is 1.61. The van der Waals surface area contributed by atoms with Crippen LogP contribution in [0.25, 0.3) is 0 Å². The van der Waals surface area contributed by atoms with Gasteiger partial charge in [0.2, 0.25) is 5.91 Å². The number of hydrogen-bond donors (Lipinski definition) is 2. The van der Waals surface area contributed by atoms with Gasteiger partial charge in [-0.2, -0.15) is 0 Å². The molecule has 1 aliphatic rings. The van der Waals surface area contributed by atoms with E-state index in [1.54, 1.807) is 18.3 Å². The van der Waals surface area contributed by atoms with E-state index in [9.17, 15) is 9.59 Å². The fourth-order valence-corrected chi connectivity index (χ4v) is 3.25. The van der Waals surface area contributed by atoms with Gasteiger partial charge in [-0.25, -0.2) is 9.78 Å². The lowest BCUT2D eigenvalue weighted by Crippen LogP contribution is -2.40. The Kier molecular flexibility index (Phi) is 6.71. The monoisotopic (exact) mass is 402 g/mol. The minimum Gasteiger partial charge on any atom is -0.453 e. The van der Waals surface area contributed by atoms with Gasteiger partial charge in [-0.15, -0.1) is 0 Å². The Morgan fingerprint density at radius 2 is 1.89 bits per heavy atom. The van der Waals surface area contributed by atoms with Crippen LogP contribution in [-0.4, -0.2) is 37.2 Å². The molecule has 1 aliphatic heterocycles. The summed E-state index contributed by atoms with van der Waals surface area (Å²) in [6.07, 6.45) is 2.71. The van der Waals surface area contributed by atoms with Crippen LogP contribution in [0.4, 0.5) is 16.3 Å². The van der Waals surface area contributed by atoms with Crippen molar-refractivity contribution in [3.05, 3.63) is 53.2 Å². The summed E-state index contributed by atoms with van der Waals surface area (Å²) in [6.45, 7) is 2.04. The lowest BCUT2D eigenvalue weighted by Gasteiger charge is -2.32. The number of carbonyl (C=O) groups excluding carboxylic acids is 2. The number of pyridine rings is 1. The highest BCUT2D eigenvalue weighted by atomic mass is 35.5. The smallest absolute Gasteiger partial charge is 0.411 e. The Morgan fingerprint density at radius 3 is 2.50 bits per heavy atom. The molecule has 0 atom stereocenters. The Hall–Kier alpha value is -2.80. The largest absolute Gasteiger partial charge is 0.453 e. The molecule has 2 N–H and O–H groups in total. The fraction of sp³-hybridized carbons (Fsp3) is 0.350. The normalized spacial score (nSPS) is 14.4. The quantitative estimate of drug-likeness (QED) is 0.800. The minimum absolute atomic E-state index is 0.00353. The summed E-state index contributed by atoms with van der Waals surface area (Å²) in [4.78, 5) is 30.2. The van der Waals surface area contributed by atoms with Gasteiger partial charge in [0.25, 0.3) is 0 Å². The minimum atomic E-state index is -0.513. The summed E-state index contributed by atoms with van der Waals surface area (Å²) < 4.78 is 4.55. The predicted octanol–water partition coefficient (Wildman–Crippen LogP) is 3.45. The highest BCUT2D eigenvalue weighted by Crippen LogP contribution is 2.23. The summed E-state index contributed by atoms with van der Waals surface area (Å²) in [5.74, 6) is 0.966. The van der Waals surface area contributed by atoms with Gasteiger partial charge in [0, 0.05) is 37.4 Å². The highest BCUT2D eigenvalue weighted by Gasteiger charge is 2.25. The average Bonchev–Trinajstić information content (AvgIpc) is 2.73. The standard InChI is InChI=1S/C20H23ClN4O3/c1-28-20(27)24-17-5-2-14(3-6-17)12-23-19(26)15-8-10-25(11-9-15)18-7-4-16(21)13-22-18/h2-7,13,15H,8-12H2,1H3,(H,23,26)(H,24,27). The first kappa shape index (κ1) is 19.9. The molecule has 1 saturated heterocycles. The zero-order chi connectivity index (χ0) is 19.9. The number of carbonyl (C=O) groups is 2. The average molecular weight is 403 g/mol. The van der Waals surface area contributed by atoms with Crippen LogP contribution >= 0.6 is 11.6 Å². The first-order valence-electron chi connectivity index (χ1n) is 9.13. The van der Waals surface area contributed by atoms with Crippen LogP contribution in [0.2, 0.25) is 5.02 Å². The Morgan fingerprint density at radius 1 is 1.18 bits per heavy atom. The molecule has 0 aliphatic carbocycles. The molecule has 148 valence electrons. The third-order valence-corrected chi connectivity index (χ3v) is 4.98. The van der Waals surface area contributed by atoms with E-state index in [1.807, 2.05) is 24.3 Å². The molecule has 0 bridgehead atoms. The van der Waals surface area contributed by atoms with Gasteiger partial charge >= 0.3 is 6.09 Å². The van der Waals surface area contributed by atoms with Crippen molar-refractivity contribution in [2.45, 2.75) is 19.4 Å². The van der Waals surface area contributed by atoms with Crippen molar-refractivity contribution >= 4 is 35.1 Å². The number of nitrogens with one attached hydrogen (secondary N) is 2. The van der Waals surface area contributed by atoms with Crippen molar-refractivity contribution in [1.82, 2.24) is 10.3 Å². The molecule has 1 fully saturated rings. The van der Waals surface area contributed by atoms with Gasteiger partial charge in [0.05, 0.1) is 12.1 Å². The lowest BCUT2D eigenvalue weighted by molar-refractivity contribution is -0.125. The number of rotatable bonds is 5. The number of methoxy groups -OCH3 is 1. The van der Waals surface area contributed by atoms with E-state index in [0.717, 1.165) is 37.3 Å². The first-order valence-corrected chi connectivity index (χ1v) is 9.51. The van der Waals surface area contributed by atoms with Crippen molar-refractivity contribution in [3.63, 3.8) is 0 Å². The zero-order valence-electron chi connectivity index (χ0n) is 15.7. The molecule has 28 heavy (non-hydrogen) atoms. The number of halogens is 1. The van der Waals surface area contributed by atoms with Crippen LogP contribution in [0.15, 0.2) is 42.6 Å². The molecular weight excluding hydrogens is 380 g/mol. The maximum atomic E-state index is 12.5. The Balaban J connectivity index is 1.44. The van der Waals surface area contributed by atoms with Gasteiger partial charge in [-0.1, -0.05) is 23.7 Å². The second-order valence-electron chi connectivity index (χ2n) is 6.63. The molecule has 0 radical (unpaired) electrons. The molecule has 0 saturated carbocycles. The number of ether oxygens (including phenoxy) is 1. The first-order chi connectivity index (χ1) is 13.5. The summed E-state index contributed by atoms with van der Waals surface area (Å²) >= 11 is 5.88. The molecule has 1 aromatic heterocycles. The van der Waals surface area contributed by atoms with Crippen LogP contribution in [-0.2, 0) is 16.1 Å². The molecule has 2 aromatic rings. The van der Waals surface area contributed by atoms with Gasteiger partial charge in [0.15, 0.2) is 0 Å². The Bertz CT molecular complexity index is 803. The van der Waals surface area contributed by atoms with E-state index in [2.05, 4.69) is 25.3 Å². The van der Waals surface area contributed by atoms with E-state index in [0.29, 0.717) is 17.3 Å². The van der Waals surface area contributed by atoms with E-state index in [4.69, 9.17) is 11.6 Å². The molecule has 3 rings (SSSR count). The number of aromatic nitrogens is 1. The number of benzene rings is 1. The lowest BCUT2D eigenvalue weighted by atomic mass is 9.96. The van der Waals surface area contributed by atoms with Gasteiger partial charge < -0.3 is 15.0 Å². The van der Waals surface area contributed by atoms with Crippen molar-refractivity contribution in [2.75, 3.05) is 30.4 Å².